The van der Waals surface area contributed by atoms with E-state index in [1.54, 1.807) is 36.2 Å². The van der Waals surface area contributed by atoms with Crippen molar-refractivity contribution in [2.24, 2.45) is 0 Å². The molecule has 5 heteroatoms. The van der Waals surface area contributed by atoms with E-state index in [1.165, 1.54) is 0 Å². The van der Waals surface area contributed by atoms with E-state index in [4.69, 9.17) is 10.00 Å². The van der Waals surface area contributed by atoms with Crippen molar-refractivity contribution in [1.29, 1.82) is 5.26 Å². The summed E-state index contributed by atoms with van der Waals surface area (Å²) >= 11 is 3.38. The number of nitrogens with zero attached hydrogens (tertiary/aromatic N) is 2. The second-order valence-electron chi connectivity index (χ2n) is 4.77. The van der Waals surface area contributed by atoms with Gasteiger partial charge in [0.05, 0.1) is 5.56 Å². The molecule has 0 aromatic heterocycles. The topological polar surface area (TPSA) is 53.3 Å². The summed E-state index contributed by atoms with van der Waals surface area (Å²) < 4.78 is 6.45. The van der Waals surface area contributed by atoms with E-state index in [0.29, 0.717) is 17.9 Å². The zero-order valence-electron chi connectivity index (χ0n) is 12.1. The second kappa shape index (κ2) is 7.62. The Labute approximate surface area is 138 Å². The summed E-state index contributed by atoms with van der Waals surface area (Å²) in [5, 5.41) is 8.98. The molecule has 0 spiro atoms. The number of rotatable bonds is 5. The third-order valence-corrected chi connectivity index (χ3v) is 3.65. The number of carbonyl (C=O) groups excluding carboxylic acids is 1. The molecule has 1 amide bonds. The Morgan fingerprint density at radius 1 is 1.23 bits per heavy atom. The van der Waals surface area contributed by atoms with Gasteiger partial charge < -0.3 is 9.64 Å². The fourth-order valence-electron chi connectivity index (χ4n) is 1.89. The van der Waals surface area contributed by atoms with Gasteiger partial charge in [0.1, 0.15) is 11.8 Å². The van der Waals surface area contributed by atoms with Gasteiger partial charge in [-0.25, -0.2) is 0 Å². The molecule has 0 atom stereocenters. The summed E-state index contributed by atoms with van der Waals surface area (Å²) in [5.41, 5.74) is 1.46. The van der Waals surface area contributed by atoms with Crippen LogP contribution in [0, 0.1) is 11.3 Å². The molecule has 0 aliphatic rings. The Kier molecular flexibility index (Phi) is 5.56. The summed E-state index contributed by atoms with van der Waals surface area (Å²) in [6.07, 6.45) is 0. The van der Waals surface area contributed by atoms with Crippen molar-refractivity contribution in [2.75, 3.05) is 13.7 Å². The highest BCUT2D eigenvalue weighted by atomic mass is 79.9. The van der Waals surface area contributed by atoms with Gasteiger partial charge in [0.15, 0.2) is 6.61 Å². The number of likely N-dealkylation sites (N-methyl/N-ethyl adjacent to an activating group) is 1. The van der Waals surface area contributed by atoms with Crippen molar-refractivity contribution in [3.63, 3.8) is 0 Å². The number of benzene rings is 2. The maximum absolute atomic E-state index is 12.1. The highest BCUT2D eigenvalue weighted by Crippen LogP contribution is 2.16. The molecule has 112 valence electrons. The summed E-state index contributed by atoms with van der Waals surface area (Å²) in [5.74, 6) is 0.283. The average molecular weight is 359 g/mol. The third-order valence-electron chi connectivity index (χ3n) is 3.12. The summed E-state index contributed by atoms with van der Waals surface area (Å²) in [7, 11) is 1.73. The molecule has 2 aromatic carbocycles. The second-order valence-corrected chi connectivity index (χ2v) is 5.69. The van der Waals surface area contributed by atoms with Crippen molar-refractivity contribution < 1.29 is 9.53 Å². The summed E-state index contributed by atoms with van der Waals surface area (Å²) in [6.45, 7) is 0.418. The first-order chi connectivity index (χ1) is 10.6. The SMILES string of the molecule is CN(Cc1ccc(Br)cc1)C(=O)COc1ccccc1C#N. The van der Waals surface area contributed by atoms with Gasteiger partial charge in [-0.2, -0.15) is 5.26 Å². The van der Waals surface area contributed by atoms with Crippen molar-refractivity contribution in [1.82, 2.24) is 4.90 Å². The first-order valence-electron chi connectivity index (χ1n) is 6.70. The van der Waals surface area contributed by atoms with Crippen LogP contribution in [-0.4, -0.2) is 24.5 Å². The van der Waals surface area contributed by atoms with E-state index < -0.39 is 0 Å². The predicted octanol–water partition coefficient (Wildman–Crippen LogP) is 3.36. The van der Waals surface area contributed by atoms with Crippen LogP contribution in [0.2, 0.25) is 0 Å². The van der Waals surface area contributed by atoms with Crippen molar-refractivity contribution in [3.05, 3.63) is 64.1 Å². The third kappa shape index (κ3) is 4.34. The Balaban J connectivity index is 1.91. The zero-order valence-corrected chi connectivity index (χ0v) is 13.7. The number of nitriles is 1. The average Bonchev–Trinajstić information content (AvgIpc) is 2.54. The molecule has 0 heterocycles. The van der Waals surface area contributed by atoms with Crippen LogP contribution in [0.5, 0.6) is 5.75 Å². The molecule has 0 N–H and O–H groups in total. The van der Waals surface area contributed by atoms with Crippen molar-refractivity contribution >= 4 is 21.8 Å². The maximum Gasteiger partial charge on any atom is 0.260 e. The molecule has 0 aliphatic heterocycles. The van der Waals surface area contributed by atoms with Gasteiger partial charge in [-0.1, -0.05) is 40.2 Å². The number of hydrogen-bond acceptors (Lipinski definition) is 3. The van der Waals surface area contributed by atoms with Crippen LogP contribution in [0.15, 0.2) is 53.0 Å². The monoisotopic (exact) mass is 358 g/mol. The summed E-state index contributed by atoms with van der Waals surface area (Å²) in [6, 6.07) is 16.7. The highest BCUT2D eigenvalue weighted by molar-refractivity contribution is 9.10. The molecule has 0 saturated carbocycles. The van der Waals surface area contributed by atoms with E-state index in [0.717, 1.165) is 10.0 Å². The molecule has 2 aromatic rings. The lowest BCUT2D eigenvalue weighted by Gasteiger charge is -2.18. The van der Waals surface area contributed by atoms with Crippen LogP contribution >= 0.6 is 15.9 Å². The molecule has 0 aliphatic carbocycles. The molecular weight excluding hydrogens is 344 g/mol. The van der Waals surface area contributed by atoms with Crippen molar-refractivity contribution in [3.8, 4) is 11.8 Å². The van der Waals surface area contributed by atoms with Gasteiger partial charge in [0.25, 0.3) is 5.91 Å². The first-order valence-corrected chi connectivity index (χ1v) is 7.50. The lowest BCUT2D eigenvalue weighted by Crippen LogP contribution is -2.31. The minimum Gasteiger partial charge on any atom is -0.482 e. The van der Waals surface area contributed by atoms with Crippen LogP contribution in [0.1, 0.15) is 11.1 Å². The van der Waals surface area contributed by atoms with E-state index in [-0.39, 0.29) is 12.5 Å². The zero-order chi connectivity index (χ0) is 15.9. The Hall–Kier alpha value is -2.32. The smallest absolute Gasteiger partial charge is 0.260 e. The van der Waals surface area contributed by atoms with Gasteiger partial charge in [0, 0.05) is 18.1 Å². The number of para-hydroxylation sites is 1. The standard InChI is InChI=1S/C17H15BrN2O2/c1-20(11-13-6-8-15(18)9-7-13)17(21)12-22-16-5-3-2-4-14(16)10-19/h2-9H,11-12H2,1H3. The maximum atomic E-state index is 12.1. The van der Waals surface area contributed by atoms with Crippen molar-refractivity contribution in [2.45, 2.75) is 6.54 Å². The minimum atomic E-state index is -0.143. The number of carbonyl (C=O) groups is 1. The molecule has 0 bridgehead atoms. The van der Waals surface area contributed by atoms with Gasteiger partial charge in [0.2, 0.25) is 0 Å². The highest BCUT2D eigenvalue weighted by Gasteiger charge is 2.11. The number of hydrogen-bond donors (Lipinski definition) is 0. The lowest BCUT2D eigenvalue weighted by molar-refractivity contribution is -0.132. The molecule has 2 rings (SSSR count). The van der Waals surface area contributed by atoms with E-state index in [1.807, 2.05) is 30.3 Å². The normalized spacial score (nSPS) is 9.86. The fourth-order valence-corrected chi connectivity index (χ4v) is 2.15. The number of ether oxygens (including phenoxy) is 1. The number of amides is 1. The largest absolute Gasteiger partial charge is 0.482 e. The van der Waals surface area contributed by atoms with Gasteiger partial charge >= 0.3 is 0 Å². The van der Waals surface area contributed by atoms with Gasteiger partial charge in [-0.05, 0) is 29.8 Å². The van der Waals surface area contributed by atoms with Crippen LogP contribution in [-0.2, 0) is 11.3 Å². The van der Waals surface area contributed by atoms with Gasteiger partial charge in [-0.15, -0.1) is 0 Å². The molecular formula is C17H15BrN2O2. The van der Waals surface area contributed by atoms with E-state index in [2.05, 4.69) is 15.9 Å². The summed E-state index contributed by atoms with van der Waals surface area (Å²) in [4.78, 5) is 13.7. The van der Waals surface area contributed by atoms with Gasteiger partial charge in [-0.3, -0.25) is 4.79 Å². The molecule has 0 unspecified atom stereocenters. The minimum absolute atomic E-state index is 0.0915. The first kappa shape index (κ1) is 16.1. The Morgan fingerprint density at radius 2 is 1.91 bits per heavy atom. The lowest BCUT2D eigenvalue weighted by atomic mass is 10.2. The van der Waals surface area contributed by atoms with Crippen LogP contribution in [0.25, 0.3) is 0 Å². The number of halogens is 1. The predicted molar refractivity (Wildman–Crippen MR) is 87.3 cm³/mol. The molecule has 0 saturated heterocycles. The molecule has 0 fully saturated rings. The Morgan fingerprint density at radius 3 is 2.59 bits per heavy atom. The van der Waals surface area contributed by atoms with Crippen LogP contribution in [0.4, 0.5) is 0 Å². The quantitative estimate of drug-likeness (QED) is 0.823. The fraction of sp³-hybridized carbons (Fsp3) is 0.176. The molecule has 4 nitrogen and oxygen atoms in total. The molecule has 0 radical (unpaired) electrons. The van der Waals surface area contributed by atoms with E-state index in [9.17, 15) is 4.79 Å². The Bertz CT molecular complexity index is 693. The van der Waals surface area contributed by atoms with E-state index >= 15 is 0 Å². The van der Waals surface area contributed by atoms with Crippen LogP contribution in [0.3, 0.4) is 0 Å². The molecule has 22 heavy (non-hydrogen) atoms. The van der Waals surface area contributed by atoms with Crippen LogP contribution < -0.4 is 4.74 Å².